The van der Waals surface area contributed by atoms with Gasteiger partial charge in [-0.05, 0) is 57.0 Å². The zero-order valence-corrected chi connectivity index (χ0v) is 12.4. The second-order valence-electron chi connectivity index (χ2n) is 5.27. The number of amides is 1. The molecule has 0 saturated carbocycles. The molecule has 1 saturated heterocycles. The zero-order chi connectivity index (χ0) is 14.4. The lowest BCUT2D eigenvalue weighted by Crippen LogP contribution is -2.39. The van der Waals surface area contributed by atoms with E-state index in [4.69, 9.17) is 4.74 Å². The third kappa shape index (κ3) is 3.73. The van der Waals surface area contributed by atoms with E-state index in [-0.39, 0.29) is 5.91 Å². The largest absolute Gasteiger partial charge is 0.497 e. The lowest BCUT2D eigenvalue weighted by Gasteiger charge is -2.29. The molecule has 2 rings (SSSR count). The van der Waals surface area contributed by atoms with Crippen molar-refractivity contribution in [3.8, 4) is 5.75 Å². The quantitative estimate of drug-likeness (QED) is 0.896. The van der Waals surface area contributed by atoms with Crippen molar-refractivity contribution in [1.29, 1.82) is 0 Å². The van der Waals surface area contributed by atoms with Crippen LogP contribution in [-0.4, -0.2) is 44.1 Å². The SMILES string of the molecule is CCN(CC1CCNCC1)C(=O)c1cccc(OC)c1. The van der Waals surface area contributed by atoms with Crippen LogP contribution in [0.15, 0.2) is 24.3 Å². The van der Waals surface area contributed by atoms with E-state index < -0.39 is 0 Å². The molecule has 1 N–H and O–H groups in total. The highest BCUT2D eigenvalue weighted by Crippen LogP contribution is 2.18. The number of nitrogens with zero attached hydrogens (tertiary/aromatic N) is 1. The van der Waals surface area contributed by atoms with Gasteiger partial charge in [-0.2, -0.15) is 0 Å². The fraction of sp³-hybridized carbons (Fsp3) is 0.562. The second-order valence-corrected chi connectivity index (χ2v) is 5.27. The number of hydrogen-bond donors (Lipinski definition) is 1. The molecule has 1 amide bonds. The highest BCUT2D eigenvalue weighted by atomic mass is 16.5. The van der Waals surface area contributed by atoms with Crippen LogP contribution in [0.1, 0.15) is 30.1 Å². The minimum atomic E-state index is 0.102. The Balaban J connectivity index is 2.03. The molecular weight excluding hydrogens is 252 g/mol. The van der Waals surface area contributed by atoms with Gasteiger partial charge in [0.15, 0.2) is 0 Å². The zero-order valence-electron chi connectivity index (χ0n) is 12.4. The fourth-order valence-electron chi connectivity index (χ4n) is 2.67. The van der Waals surface area contributed by atoms with Crippen molar-refractivity contribution in [2.75, 3.05) is 33.3 Å². The molecular formula is C16H24N2O2. The number of nitrogens with one attached hydrogen (secondary N) is 1. The number of methoxy groups -OCH3 is 1. The third-order valence-corrected chi connectivity index (χ3v) is 3.92. The summed E-state index contributed by atoms with van der Waals surface area (Å²) in [4.78, 5) is 14.5. The Morgan fingerprint density at radius 2 is 2.15 bits per heavy atom. The standard InChI is InChI=1S/C16H24N2O2/c1-3-18(12-13-7-9-17-10-8-13)16(19)14-5-4-6-15(11-14)20-2/h4-6,11,13,17H,3,7-10,12H2,1-2H3. The fourth-order valence-corrected chi connectivity index (χ4v) is 2.67. The Kier molecular flexibility index (Phi) is 5.41. The Morgan fingerprint density at radius 3 is 2.80 bits per heavy atom. The van der Waals surface area contributed by atoms with E-state index in [0.29, 0.717) is 11.5 Å². The van der Waals surface area contributed by atoms with Gasteiger partial charge in [-0.3, -0.25) is 4.79 Å². The van der Waals surface area contributed by atoms with Gasteiger partial charge in [-0.1, -0.05) is 6.07 Å². The molecule has 1 aliphatic heterocycles. The van der Waals surface area contributed by atoms with Crippen LogP contribution < -0.4 is 10.1 Å². The molecule has 4 nitrogen and oxygen atoms in total. The molecule has 0 bridgehead atoms. The van der Waals surface area contributed by atoms with E-state index in [1.54, 1.807) is 7.11 Å². The predicted molar refractivity (Wildman–Crippen MR) is 80.2 cm³/mol. The summed E-state index contributed by atoms with van der Waals surface area (Å²) in [6, 6.07) is 7.40. The summed E-state index contributed by atoms with van der Waals surface area (Å²) in [6.07, 6.45) is 2.31. The predicted octanol–water partition coefficient (Wildman–Crippen LogP) is 2.16. The van der Waals surface area contributed by atoms with Gasteiger partial charge >= 0.3 is 0 Å². The van der Waals surface area contributed by atoms with E-state index in [1.165, 1.54) is 0 Å². The summed E-state index contributed by atoms with van der Waals surface area (Å²) >= 11 is 0. The number of carbonyl (C=O) groups is 1. The van der Waals surface area contributed by atoms with Crippen LogP contribution in [0, 0.1) is 5.92 Å². The van der Waals surface area contributed by atoms with E-state index in [2.05, 4.69) is 5.32 Å². The maximum Gasteiger partial charge on any atom is 0.253 e. The van der Waals surface area contributed by atoms with Gasteiger partial charge in [-0.25, -0.2) is 0 Å². The number of benzene rings is 1. The lowest BCUT2D eigenvalue weighted by molar-refractivity contribution is 0.0726. The Hall–Kier alpha value is -1.55. The van der Waals surface area contributed by atoms with Crippen LogP contribution in [0.4, 0.5) is 0 Å². The van der Waals surface area contributed by atoms with Crippen LogP contribution in [-0.2, 0) is 0 Å². The molecule has 0 unspecified atom stereocenters. The van der Waals surface area contributed by atoms with Gasteiger partial charge in [-0.15, -0.1) is 0 Å². The van der Waals surface area contributed by atoms with Gasteiger partial charge < -0.3 is 15.0 Å². The van der Waals surface area contributed by atoms with Gasteiger partial charge in [0.1, 0.15) is 5.75 Å². The minimum Gasteiger partial charge on any atom is -0.497 e. The van der Waals surface area contributed by atoms with Crippen molar-refractivity contribution in [2.45, 2.75) is 19.8 Å². The summed E-state index contributed by atoms with van der Waals surface area (Å²) < 4.78 is 5.19. The van der Waals surface area contributed by atoms with E-state index >= 15 is 0 Å². The summed E-state index contributed by atoms with van der Waals surface area (Å²) in [5.74, 6) is 1.45. The monoisotopic (exact) mass is 276 g/mol. The van der Waals surface area contributed by atoms with Crippen LogP contribution in [0.5, 0.6) is 5.75 Å². The molecule has 0 aliphatic carbocycles. The van der Waals surface area contributed by atoms with Crippen molar-refractivity contribution in [2.24, 2.45) is 5.92 Å². The molecule has 1 heterocycles. The van der Waals surface area contributed by atoms with E-state index in [9.17, 15) is 4.79 Å². The number of piperidine rings is 1. The molecule has 20 heavy (non-hydrogen) atoms. The Labute approximate surface area is 121 Å². The van der Waals surface area contributed by atoms with Gasteiger partial charge in [0.2, 0.25) is 0 Å². The Bertz CT molecular complexity index is 442. The van der Waals surface area contributed by atoms with Gasteiger partial charge in [0.25, 0.3) is 5.91 Å². The average Bonchev–Trinajstić information content (AvgIpc) is 2.53. The molecule has 0 radical (unpaired) electrons. The molecule has 4 heteroatoms. The third-order valence-electron chi connectivity index (χ3n) is 3.92. The lowest BCUT2D eigenvalue weighted by atomic mass is 9.97. The maximum absolute atomic E-state index is 12.6. The Morgan fingerprint density at radius 1 is 1.40 bits per heavy atom. The van der Waals surface area contributed by atoms with Crippen LogP contribution >= 0.6 is 0 Å². The first-order chi connectivity index (χ1) is 9.74. The molecule has 110 valence electrons. The molecule has 1 aliphatic rings. The van der Waals surface area contributed by atoms with Crippen molar-refractivity contribution in [3.63, 3.8) is 0 Å². The molecule has 1 aromatic carbocycles. The average molecular weight is 276 g/mol. The number of ether oxygens (including phenoxy) is 1. The first-order valence-corrected chi connectivity index (χ1v) is 7.38. The first kappa shape index (κ1) is 14.9. The van der Waals surface area contributed by atoms with Crippen molar-refractivity contribution < 1.29 is 9.53 Å². The van der Waals surface area contributed by atoms with E-state index in [1.807, 2.05) is 36.1 Å². The second kappa shape index (κ2) is 7.29. The van der Waals surface area contributed by atoms with Crippen molar-refractivity contribution in [3.05, 3.63) is 29.8 Å². The van der Waals surface area contributed by atoms with Gasteiger partial charge in [0, 0.05) is 18.7 Å². The van der Waals surface area contributed by atoms with Gasteiger partial charge in [0.05, 0.1) is 7.11 Å². The topological polar surface area (TPSA) is 41.6 Å². The number of rotatable bonds is 5. The highest BCUT2D eigenvalue weighted by Gasteiger charge is 2.20. The van der Waals surface area contributed by atoms with Crippen LogP contribution in [0.25, 0.3) is 0 Å². The molecule has 1 aromatic rings. The first-order valence-electron chi connectivity index (χ1n) is 7.38. The summed E-state index contributed by atoms with van der Waals surface area (Å²) in [5.41, 5.74) is 0.708. The van der Waals surface area contributed by atoms with Crippen molar-refractivity contribution >= 4 is 5.91 Å². The van der Waals surface area contributed by atoms with Crippen LogP contribution in [0.3, 0.4) is 0 Å². The smallest absolute Gasteiger partial charge is 0.253 e. The summed E-state index contributed by atoms with van der Waals surface area (Å²) in [5, 5.41) is 3.36. The van der Waals surface area contributed by atoms with E-state index in [0.717, 1.165) is 44.8 Å². The van der Waals surface area contributed by atoms with Crippen molar-refractivity contribution in [1.82, 2.24) is 10.2 Å². The summed E-state index contributed by atoms with van der Waals surface area (Å²) in [6.45, 7) is 5.78. The molecule has 0 spiro atoms. The summed E-state index contributed by atoms with van der Waals surface area (Å²) in [7, 11) is 1.62. The maximum atomic E-state index is 12.6. The molecule has 0 atom stereocenters. The normalized spacial score (nSPS) is 15.9. The molecule has 0 aromatic heterocycles. The number of hydrogen-bond acceptors (Lipinski definition) is 3. The minimum absolute atomic E-state index is 0.102. The number of carbonyl (C=O) groups excluding carboxylic acids is 1. The molecule has 1 fully saturated rings. The highest BCUT2D eigenvalue weighted by molar-refractivity contribution is 5.94. The van der Waals surface area contributed by atoms with Crippen LogP contribution in [0.2, 0.25) is 0 Å².